The zero-order valence-corrected chi connectivity index (χ0v) is 15.0. The van der Waals surface area contributed by atoms with E-state index in [0.29, 0.717) is 0 Å². The predicted molar refractivity (Wildman–Crippen MR) is 93.7 cm³/mol. The van der Waals surface area contributed by atoms with Crippen LogP contribution in [0.2, 0.25) is 0 Å². The van der Waals surface area contributed by atoms with Gasteiger partial charge in [0.25, 0.3) is 0 Å². The van der Waals surface area contributed by atoms with Gasteiger partial charge in [0.2, 0.25) is 0 Å². The Morgan fingerprint density at radius 3 is 2.45 bits per heavy atom. The monoisotopic (exact) mass is 300 g/mol. The summed E-state index contributed by atoms with van der Waals surface area (Å²) >= 11 is 2.23. The van der Waals surface area contributed by atoms with Crippen LogP contribution in [-0.2, 0) is 0 Å². The Balaban J connectivity index is 2.38. The highest BCUT2D eigenvalue weighted by molar-refractivity contribution is 8.00. The Kier molecular flexibility index (Phi) is 10.0. The lowest BCUT2D eigenvalue weighted by atomic mass is 9.83. The minimum absolute atomic E-state index is 0.759. The van der Waals surface area contributed by atoms with Gasteiger partial charge in [-0.2, -0.15) is 11.8 Å². The van der Waals surface area contributed by atoms with Crippen LogP contribution in [0.1, 0.15) is 59.8 Å². The average molecular weight is 301 g/mol. The maximum absolute atomic E-state index is 3.73. The van der Waals surface area contributed by atoms with Crippen LogP contribution in [0.4, 0.5) is 0 Å². The SMILES string of the molecule is CCCC1CCC(NCC)C(SCCN(CC)CC)C1. The van der Waals surface area contributed by atoms with Crippen LogP contribution in [0.5, 0.6) is 0 Å². The number of hydrogen-bond donors (Lipinski definition) is 1. The molecule has 0 spiro atoms. The summed E-state index contributed by atoms with van der Waals surface area (Å²) in [5.41, 5.74) is 0. The minimum Gasteiger partial charge on any atom is -0.313 e. The lowest BCUT2D eigenvalue weighted by Crippen LogP contribution is -2.43. The van der Waals surface area contributed by atoms with Crippen LogP contribution in [0.3, 0.4) is 0 Å². The molecule has 0 aromatic carbocycles. The van der Waals surface area contributed by atoms with E-state index in [9.17, 15) is 0 Å². The van der Waals surface area contributed by atoms with Crippen molar-refractivity contribution in [1.29, 1.82) is 0 Å². The van der Waals surface area contributed by atoms with Crippen molar-refractivity contribution in [2.45, 2.75) is 71.1 Å². The molecular formula is C17H36N2S. The predicted octanol–water partition coefficient (Wildman–Crippen LogP) is 4.01. The van der Waals surface area contributed by atoms with Gasteiger partial charge in [0, 0.05) is 23.6 Å². The quantitative estimate of drug-likeness (QED) is 0.656. The zero-order chi connectivity index (χ0) is 14.8. The summed E-state index contributed by atoms with van der Waals surface area (Å²) in [6.07, 6.45) is 7.06. The number of hydrogen-bond acceptors (Lipinski definition) is 3. The Hall–Kier alpha value is 0.270. The maximum atomic E-state index is 3.73. The molecule has 20 heavy (non-hydrogen) atoms. The summed E-state index contributed by atoms with van der Waals surface area (Å²) in [6, 6.07) is 0.759. The Bertz CT molecular complexity index is 231. The van der Waals surface area contributed by atoms with Crippen molar-refractivity contribution in [2.24, 2.45) is 5.92 Å². The second-order valence-corrected chi connectivity index (χ2v) is 7.42. The van der Waals surface area contributed by atoms with Gasteiger partial charge in [0.1, 0.15) is 0 Å². The molecule has 0 saturated heterocycles. The van der Waals surface area contributed by atoms with Gasteiger partial charge in [-0.15, -0.1) is 0 Å². The van der Waals surface area contributed by atoms with Crippen molar-refractivity contribution in [2.75, 3.05) is 31.9 Å². The molecule has 1 aliphatic carbocycles. The molecule has 3 atom stereocenters. The molecule has 3 unspecified atom stereocenters. The van der Waals surface area contributed by atoms with E-state index in [1.54, 1.807) is 0 Å². The molecule has 0 amide bonds. The molecule has 0 bridgehead atoms. The Labute approximate surface area is 131 Å². The topological polar surface area (TPSA) is 15.3 Å². The van der Waals surface area contributed by atoms with Crippen molar-refractivity contribution >= 4 is 11.8 Å². The molecule has 0 aromatic rings. The van der Waals surface area contributed by atoms with Crippen LogP contribution >= 0.6 is 11.8 Å². The second kappa shape index (κ2) is 10.9. The van der Waals surface area contributed by atoms with Gasteiger partial charge in [-0.1, -0.05) is 40.5 Å². The molecule has 2 nitrogen and oxygen atoms in total. The Morgan fingerprint density at radius 1 is 1.10 bits per heavy atom. The third kappa shape index (κ3) is 6.36. The van der Waals surface area contributed by atoms with Gasteiger partial charge in [-0.25, -0.2) is 0 Å². The molecule has 3 heteroatoms. The van der Waals surface area contributed by atoms with Crippen molar-refractivity contribution in [3.05, 3.63) is 0 Å². The van der Waals surface area contributed by atoms with Gasteiger partial charge in [0.15, 0.2) is 0 Å². The fourth-order valence-electron chi connectivity index (χ4n) is 3.44. The van der Waals surface area contributed by atoms with E-state index in [1.165, 1.54) is 57.5 Å². The lowest BCUT2D eigenvalue weighted by molar-refractivity contribution is 0.288. The molecule has 1 saturated carbocycles. The lowest BCUT2D eigenvalue weighted by Gasteiger charge is -2.36. The first kappa shape index (κ1) is 18.3. The number of rotatable bonds is 10. The normalized spacial score (nSPS) is 27.1. The average Bonchev–Trinajstić information content (AvgIpc) is 2.46. The first-order chi connectivity index (χ1) is 9.74. The molecule has 120 valence electrons. The smallest absolute Gasteiger partial charge is 0.0204 e. The molecule has 0 aromatic heterocycles. The molecule has 1 fully saturated rings. The van der Waals surface area contributed by atoms with Gasteiger partial charge < -0.3 is 10.2 Å². The van der Waals surface area contributed by atoms with Crippen LogP contribution in [0.15, 0.2) is 0 Å². The number of thioether (sulfide) groups is 1. The van der Waals surface area contributed by atoms with Crippen LogP contribution < -0.4 is 5.32 Å². The van der Waals surface area contributed by atoms with Crippen LogP contribution in [0, 0.1) is 5.92 Å². The van der Waals surface area contributed by atoms with Gasteiger partial charge >= 0.3 is 0 Å². The van der Waals surface area contributed by atoms with E-state index < -0.39 is 0 Å². The maximum Gasteiger partial charge on any atom is 0.0204 e. The van der Waals surface area contributed by atoms with E-state index in [-0.39, 0.29) is 0 Å². The Morgan fingerprint density at radius 2 is 1.85 bits per heavy atom. The van der Waals surface area contributed by atoms with Crippen LogP contribution in [0.25, 0.3) is 0 Å². The van der Waals surface area contributed by atoms with Crippen molar-refractivity contribution in [3.8, 4) is 0 Å². The van der Waals surface area contributed by atoms with Crippen molar-refractivity contribution in [1.82, 2.24) is 10.2 Å². The summed E-state index contributed by atoms with van der Waals surface area (Å²) in [5.74, 6) is 2.29. The molecule has 0 heterocycles. The molecular weight excluding hydrogens is 264 g/mol. The number of nitrogens with one attached hydrogen (secondary N) is 1. The zero-order valence-electron chi connectivity index (χ0n) is 14.2. The summed E-state index contributed by atoms with van der Waals surface area (Å²) in [6.45, 7) is 13.9. The molecule has 0 aliphatic heterocycles. The van der Waals surface area contributed by atoms with E-state index >= 15 is 0 Å². The van der Waals surface area contributed by atoms with E-state index in [0.717, 1.165) is 23.8 Å². The summed E-state index contributed by atoms with van der Waals surface area (Å²) in [7, 11) is 0. The third-order valence-electron chi connectivity index (χ3n) is 4.70. The minimum atomic E-state index is 0.759. The van der Waals surface area contributed by atoms with Crippen molar-refractivity contribution < 1.29 is 0 Å². The van der Waals surface area contributed by atoms with E-state index in [1.807, 2.05) is 0 Å². The molecule has 1 N–H and O–H groups in total. The highest BCUT2D eigenvalue weighted by atomic mass is 32.2. The third-order valence-corrected chi connectivity index (χ3v) is 6.06. The highest BCUT2D eigenvalue weighted by Crippen LogP contribution is 2.34. The summed E-state index contributed by atoms with van der Waals surface area (Å²) < 4.78 is 0. The molecule has 1 rings (SSSR count). The van der Waals surface area contributed by atoms with E-state index in [4.69, 9.17) is 0 Å². The molecule has 0 radical (unpaired) electrons. The van der Waals surface area contributed by atoms with Gasteiger partial charge in [-0.3, -0.25) is 0 Å². The standard InChI is InChI=1S/C17H36N2S/c1-5-9-15-10-11-16(18-6-2)17(14-15)20-13-12-19(7-3)8-4/h15-18H,5-14H2,1-4H3. The van der Waals surface area contributed by atoms with Crippen molar-refractivity contribution in [3.63, 3.8) is 0 Å². The first-order valence-electron chi connectivity index (χ1n) is 8.82. The number of nitrogens with zero attached hydrogens (tertiary/aromatic N) is 1. The largest absolute Gasteiger partial charge is 0.313 e. The fraction of sp³-hybridized carbons (Fsp3) is 1.00. The summed E-state index contributed by atoms with van der Waals surface area (Å²) in [5, 5.41) is 4.57. The highest BCUT2D eigenvalue weighted by Gasteiger charge is 2.29. The first-order valence-corrected chi connectivity index (χ1v) is 9.87. The summed E-state index contributed by atoms with van der Waals surface area (Å²) in [4.78, 5) is 2.54. The molecule has 1 aliphatic rings. The van der Waals surface area contributed by atoms with Gasteiger partial charge in [-0.05, 0) is 44.8 Å². The van der Waals surface area contributed by atoms with Gasteiger partial charge in [0.05, 0.1) is 0 Å². The van der Waals surface area contributed by atoms with E-state index in [2.05, 4.69) is 49.7 Å². The second-order valence-electron chi connectivity index (χ2n) is 6.07. The van der Waals surface area contributed by atoms with Crippen LogP contribution in [-0.4, -0.2) is 48.1 Å². The fourth-order valence-corrected chi connectivity index (χ4v) is 4.97.